The molecule has 0 aliphatic rings. The third-order valence-corrected chi connectivity index (χ3v) is 6.40. The predicted octanol–water partition coefficient (Wildman–Crippen LogP) is 7.46. The number of benzene rings is 1. The minimum Gasteiger partial charge on any atom is -0.142 e. The average molecular weight is 404 g/mol. The minimum atomic E-state index is 0.497. The summed E-state index contributed by atoms with van der Waals surface area (Å²) in [6.45, 7) is 2.27. The molecule has 2 aromatic rings. The van der Waals surface area contributed by atoms with E-state index < -0.39 is 0 Å². The van der Waals surface area contributed by atoms with Gasteiger partial charge in [0.05, 0.1) is 0 Å². The van der Waals surface area contributed by atoms with Crippen LogP contribution in [-0.4, -0.2) is 0 Å². The summed E-state index contributed by atoms with van der Waals surface area (Å²) in [5, 5.41) is 3.70. The Hall–Kier alpha value is 0.140. The molecule has 1 atom stereocenters. The summed E-state index contributed by atoms with van der Waals surface area (Å²) >= 11 is 9.35. The standard InChI is InChI=1S/C16H20Br2S/c1-2-3-4-5-6-9-14(17)13-11-19-16-12(13)8-7-10-15(16)18/h7-8,10-11,14H,2-6,9H2,1H3. The topological polar surface area (TPSA) is 0 Å². The fourth-order valence-corrected chi connectivity index (χ4v) is 4.92. The Labute approximate surface area is 136 Å². The zero-order valence-electron chi connectivity index (χ0n) is 11.3. The van der Waals surface area contributed by atoms with Crippen molar-refractivity contribution >= 4 is 53.3 Å². The molecule has 0 spiro atoms. The lowest BCUT2D eigenvalue weighted by Crippen LogP contribution is -1.89. The Balaban J connectivity index is 1.97. The Morgan fingerprint density at radius 1 is 1.16 bits per heavy atom. The monoisotopic (exact) mass is 402 g/mol. The van der Waals surface area contributed by atoms with E-state index in [0.29, 0.717) is 4.83 Å². The zero-order valence-corrected chi connectivity index (χ0v) is 15.3. The van der Waals surface area contributed by atoms with Crippen LogP contribution in [0.25, 0.3) is 10.1 Å². The van der Waals surface area contributed by atoms with Crippen LogP contribution in [0.5, 0.6) is 0 Å². The van der Waals surface area contributed by atoms with Gasteiger partial charge in [-0.1, -0.05) is 67.1 Å². The highest BCUT2D eigenvalue weighted by Gasteiger charge is 2.13. The molecular weight excluding hydrogens is 384 g/mol. The van der Waals surface area contributed by atoms with Crippen molar-refractivity contribution in [2.45, 2.75) is 50.3 Å². The third kappa shape index (κ3) is 4.05. The molecular formula is C16H20Br2S. The van der Waals surface area contributed by atoms with E-state index in [1.807, 2.05) is 11.3 Å². The number of unbranched alkanes of at least 4 members (excludes halogenated alkanes) is 4. The zero-order chi connectivity index (χ0) is 13.7. The maximum atomic E-state index is 3.87. The summed E-state index contributed by atoms with van der Waals surface area (Å²) in [7, 11) is 0. The van der Waals surface area contributed by atoms with E-state index in [0.717, 1.165) is 0 Å². The summed E-state index contributed by atoms with van der Waals surface area (Å²) in [4.78, 5) is 0.497. The molecule has 1 aromatic heterocycles. The number of hydrogen-bond acceptors (Lipinski definition) is 1. The van der Waals surface area contributed by atoms with Crippen molar-refractivity contribution in [3.8, 4) is 0 Å². The van der Waals surface area contributed by atoms with E-state index in [1.54, 1.807) is 0 Å². The maximum absolute atomic E-state index is 3.87. The van der Waals surface area contributed by atoms with Gasteiger partial charge in [-0.3, -0.25) is 0 Å². The molecule has 1 aromatic carbocycles. The Morgan fingerprint density at radius 3 is 2.74 bits per heavy atom. The smallest absolute Gasteiger partial charge is 0.0488 e. The number of rotatable bonds is 7. The van der Waals surface area contributed by atoms with Crippen molar-refractivity contribution in [3.05, 3.63) is 33.6 Å². The van der Waals surface area contributed by atoms with Gasteiger partial charge >= 0.3 is 0 Å². The third-order valence-electron chi connectivity index (χ3n) is 3.48. The molecule has 0 nitrogen and oxygen atoms in total. The van der Waals surface area contributed by atoms with Gasteiger partial charge in [0.2, 0.25) is 0 Å². The van der Waals surface area contributed by atoms with Gasteiger partial charge in [-0.25, -0.2) is 0 Å². The Bertz CT molecular complexity index is 518. The lowest BCUT2D eigenvalue weighted by molar-refractivity contribution is 0.607. The van der Waals surface area contributed by atoms with Gasteiger partial charge in [-0.2, -0.15) is 0 Å². The van der Waals surface area contributed by atoms with Crippen molar-refractivity contribution in [2.24, 2.45) is 0 Å². The van der Waals surface area contributed by atoms with Crippen LogP contribution in [0.3, 0.4) is 0 Å². The van der Waals surface area contributed by atoms with Crippen LogP contribution in [0, 0.1) is 0 Å². The van der Waals surface area contributed by atoms with E-state index in [4.69, 9.17) is 0 Å². The second-order valence-corrected chi connectivity index (χ2v) is 7.82. The lowest BCUT2D eigenvalue weighted by atomic mass is 10.0. The van der Waals surface area contributed by atoms with E-state index in [2.05, 4.69) is 62.4 Å². The highest BCUT2D eigenvalue weighted by Crippen LogP contribution is 2.39. The molecule has 0 saturated carbocycles. The molecule has 19 heavy (non-hydrogen) atoms. The van der Waals surface area contributed by atoms with Crippen molar-refractivity contribution < 1.29 is 0 Å². The predicted molar refractivity (Wildman–Crippen MR) is 94.6 cm³/mol. The molecule has 0 aliphatic heterocycles. The maximum Gasteiger partial charge on any atom is 0.0488 e. The van der Waals surface area contributed by atoms with E-state index in [9.17, 15) is 0 Å². The van der Waals surface area contributed by atoms with Crippen LogP contribution >= 0.6 is 43.2 Å². The van der Waals surface area contributed by atoms with Gasteiger partial charge in [0, 0.05) is 14.0 Å². The molecule has 0 saturated heterocycles. The largest absolute Gasteiger partial charge is 0.142 e. The average Bonchev–Trinajstić information content (AvgIpc) is 2.84. The molecule has 1 heterocycles. The molecule has 104 valence electrons. The molecule has 0 bridgehead atoms. The fourth-order valence-electron chi connectivity index (χ4n) is 2.37. The first-order chi connectivity index (χ1) is 9.24. The van der Waals surface area contributed by atoms with Gasteiger partial charge in [-0.05, 0) is 44.7 Å². The van der Waals surface area contributed by atoms with Gasteiger partial charge in [0.1, 0.15) is 0 Å². The Morgan fingerprint density at radius 2 is 1.95 bits per heavy atom. The van der Waals surface area contributed by atoms with Crippen molar-refractivity contribution in [1.29, 1.82) is 0 Å². The molecule has 0 fully saturated rings. The highest BCUT2D eigenvalue weighted by atomic mass is 79.9. The van der Waals surface area contributed by atoms with Crippen molar-refractivity contribution in [3.63, 3.8) is 0 Å². The SMILES string of the molecule is CCCCCCCC(Br)c1csc2c(Br)cccc12. The summed E-state index contributed by atoms with van der Waals surface area (Å²) in [6.07, 6.45) is 8.00. The first-order valence-electron chi connectivity index (χ1n) is 7.03. The molecule has 0 amide bonds. The van der Waals surface area contributed by atoms with Crippen LogP contribution in [0.4, 0.5) is 0 Å². The number of alkyl halides is 1. The van der Waals surface area contributed by atoms with Crippen molar-refractivity contribution in [2.75, 3.05) is 0 Å². The highest BCUT2D eigenvalue weighted by molar-refractivity contribution is 9.10. The second kappa shape index (κ2) is 7.80. The summed E-state index contributed by atoms with van der Waals surface area (Å²) in [5.41, 5.74) is 1.46. The van der Waals surface area contributed by atoms with E-state index >= 15 is 0 Å². The quantitative estimate of drug-likeness (QED) is 0.332. The minimum absolute atomic E-state index is 0.497. The summed E-state index contributed by atoms with van der Waals surface area (Å²) in [6, 6.07) is 6.48. The lowest BCUT2D eigenvalue weighted by Gasteiger charge is -2.09. The number of halogens is 2. The molecule has 2 rings (SSSR count). The van der Waals surface area contributed by atoms with E-state index in [1.165, 1.54) is 58.6 Å². The van der Waals surface area contributed by atoms with E-state index in [-0.39, 0.29) is 0 Å². The summed E-state index contributed by atoms with van der Waals surface area (Å²) in [5.74, 6) is 0. The molecule has 1 unspecified atom stereocenters. The molecule has 3 heteroatoms. The normalized spacial score (nSPS) is 13.0. The summed E-state index contributed by atoms with van der Waals surface area (Å²) < 4.78 is 2.58. The molecule has 0 N–H and O–H groups in total. The first-order valence-corrected chi connectivity index (χ1v) is 9.62. The van der Waals surface area contributed by atoms with Gasteiger partial charge in [0.25, 0.3) is 0 Å². The number of hydrogen-bond donors (Lipinski definition) is 0. The van der Waals surface area contributed by atoms with Crippen LogP contribution < -0.4 is 0 Å². The Kier molecular flexibility index (Phi) is 6.37. The number of fused-ring (bicyclic) bond motifs is 1. The van der Waals surface area contributed by atoms with Crippen molar-refractivity contribution in [1.82, 2.24) is 0 Å². The number of thiophene rings is 1. The molecule has 0 aliphatic carbocycles. The van der Waals surface area contributed by atoms with Gasteiger partial charge in [0.15, 0.2) is 0 Å². The van der Waals surface area contributed by atoms with Crippen LogP contribution in [-0.2, 0) is 0 Å². The fraction of sp³-hybridized carbons (Fsp3) is 0.500. The second-order valence-electron chi connectivity index (χ2n) is 4.98. The first kappa shape index (κ1) is 15.5. The molecule has 0 radical (unpaired) electrons. The van der Waals surface area contributed by atoms with Gasteiger partial charge < -0.3 is 0 Å². The van der Waals surface area contributed by atoms with Crippen LogP contribution in [0.15, 0.2) is 28.1 Å². The van der Waals surface area contributed by atoms with Crippen LogP contribution in [0.1, 0.15) is 55.8 Å². The van der Waals surface area contributed by atoms with Crippen LogP contribution in [0.2, 0.25) is 0 Å². The van der Waals surface area contributed by atoms with Gasteiger partial charge in [-0.15, -0.1) is 11.3 Å².